The van der Waals surface area contributed by atoms with Gasteiger partial charge in [-0.15, -0.1) is 0 Å². The van der Waals surface area contributed by atoms with Gasteiger partial charge in [0.05, 0.1) is 0 Å². The average molecular weight is 337 g/mol. The maximum atomic E-state index is 13.8. The normalized spacial score (nSPS) is 10.9. The van der Waals surface area contributed by atoms with E-state index < -0.39 is 0 Å². The zero-order chi connectivity index (χ0) is 14.7. The van der Waals surface area contributed by atoms with Crippen molar-refractivity contribution in [1.29, 1.82) is 0 Å². The minimum absolute atomic E-state index is 0.238. The lowest BCUT2D eigenvalue weighted by Crippen LogP contribution is -2.02. The Balaban J connectivity index is 2.20. The molecule has 3 heteroatoms. The highest BCUT2D eigenvalue weighted by Gasteiger charge is 2.10. The Morgan fingerprint density at radius 3 is 2.55 bits per heavy atom. The first-order valence-electron chi connectivity index (χ1n) is 6.64. The first-order valence-corrected chi connectivity index (χ1v) is 7.44. The highest BCUT2D eigenvalue weighted by molar-refractivity contribution is 9.10. The molecule has 0 amide bonds. The van der Waals surface area contributed by atoms with Crippen LogP contribution in [0.2, 0.25) is 0 Å². The number of aryl methyl sites for hydroxylation is 1. The van der Waals surface area contributed by atoms with Gasteiger partial charge in [-0.05, 0) is 42.2 Å². The first-order chi connectivity index (χ1) is 9.47. The van der Waals surface area contributed by atoms with Crippen LogP contribution in [0.4, 0.5) is 4.39 Å². The van der Waals surface area contributed by atoms with E-state index in [0.29, 0.717) is 11.5 Å². The summed E-state index contributed by atoms with van der Waals surface area (Å²) >= 11 is 3.25. The molecule has 0 saturated carbocycles. The Bertz CT molecular complexity index is 608. The molecule has 0 bridgehead atoms. The second-order valence-corrected chi connectivity index (χ2v) is 6.14. The van der Waals surface area contributed by atoms with E-state index in [1.165, 1.54) is 6.07 Å². The van der Waals surface area contributed by atoms with Gasteiger partial charge in [-0.3, -0.25) is 0 Å². The van der Waals surface area contributed by atoms with Gasteiger partial charge in [0, 0.05) is 10.0 Å². The summed E-state index contributed by atoms with van der Waals surface area (Å²) < 4.78 is 20.3. The maximum absolute atomic E-state index is 13.8. The molecule has 2 rings (SSSR count). The van der Waals surface area contributed by atoms with Crippen LogP contribution in [0.15, 0.2) is 40.9 Å². The lowest BCUT2D eigenvalue weighted by Gasteiger charge is -2.15. The van der Waals surface area contributed by atoms with Crippen molar-refractivity contribution < 1.29 is 9.13 Å². The van der Waals surface area contributed by atoms with Gasteiger partial charge in [0.1, 0.15) is 18.2 Å². The summed E-state index contributed by atoms with van der Waals surface area (Å²) in [5.41, 5.74) is 2.85. The van der Waals surface area contributed by atoms with Gasteiger partial charge >= 0.3 is 0 Å². The second kappa shape index (κ2) is 6.40. The molecule has 2 aromatic rings. The zero-order valence-electron chi connectivity index (χ0n) is 11.9. The summed E-state index contributed by atoms with van der Waals surface area (Å²) in [6.07, 6.45) is 0. The molecule has 20 heavy (non-hydrogen) atoms. The molecule has 0 radical (unpaired) electrons. The quantitative estimate of drug-likeness (QED) is 0.706. The first kappa shape index (κ1) is 15.0. The maximum Gasteiger partial charge on any atom is 0.130 e. The van der Waals surface area contributed by atoms with Crippen LogP contribution in [0.3, 0.4) is 0 Å². The highest BCUT2D eigenvalue weighted by atomic mass is 79.9. The van der Waals surface area contributed by atoms with Gasteiger partial charge in [-0.1, -0.05) is 48.0 Å². The van der Waals surface area contributed by atoms with E-state index in [1.807, 2.05) is 19.1 Å². The van der Waals surface area contributed by atoms with Crippen molar-refractivity contribution in [2.24, 2.45) is 0 Å². The number of halogens is 2. The van der Waals surface area contributed by atoms with E-state index in [0.717, 1.165) is 21.3 Å². The molecular weight excluding hydrogens is 319 g/mol. The van der Waals surface area contributed by atoms with Gasteiger partial charge in [-0.2, -0.15) is 0 Å². The van der Waals surface area contributed by atoms with Crippen LogP contribution in [0.5, 0.6) is 5.75 Å². The fraction of sp³-hybridized carbons (Fsp3) is 0.294. The standard InChI is InChI=1S/C17H18BrFO/c1-11(2)15-7-4-12(3)8-17(15)20-10-13-5-6-14(18)9-16(13)19/h4-9,11H,10H2,1-3H3. The number of hydrogen-bond donors (Lipinski definition) is 0. The van der Waals surface area contributed by atoms with Crippen LogP contribution in [0.1, 0.15) is 36.5 Å². The molecule has 0 aliphatic rings. The molecule has 0 fully saturated rings. The van der Waals surface area contributed by atoms with Crippen molar-refractivity contribution in [3.63, 3.8) is 0 Å². The number of ether oxygens (including phenoxy) is 1. The Labute approximate surface area is 127 Å². The van der Waals surface area contributed by atoms with Crippen molar-refractivity contribution in [2.75, 3.05) is 0 Å². The van der Waals surface area contributed by atoms with Crippen LogP contribution in [-0.2, 0) is 6.61 Å². The molecule has 0 aliphatic carbocycles. The third kappa shape index (κ3) is 3.60. The minimum Gasteiger partial charge on any atom is -0.488 e. The van der Waals surface area contributed by atoms with E-state index in [2.05, 4.69) is 41.9 Å². The van der Waals surface area contributed by atoms with E-state index in [4.69, 9.17) is 4.74 Å². The summed E-state index contributed by atoms with van der Waals surface area (Å²) in [7, 11) is 0. The molecule has 0 unspecified atom stereocenters. The number of benzene rings is 2. The van der Waals surface area contributed by atoms with Gasteiger partial charge in [0.25, 0.3) is 0 Å². The van der Waals surface area contributed by atoms with Gasteiger partial charge in [-0.25, -0.2) is 4.39 Å². The molecule has 2 aromatic carbocycles. The van der Waals surface area contributed by atoms with Crippen molar-refractivity contribution >= 4 is 15.9 Å². The fourth-order valence-corrected chi connectivity index (χ4v) is 2.37. The van der Waals surface area contributed by atoms with E-state index >= 15 is 0 Å². The summed E-state index contributed by atoms with van der Waals surface area (Å²) in [5.74, 6) is 0.959. The predicted octanol–water partition coefficient (Wildman–Crippen LogP) is 5.60. The fourth-order valence-electron chi connectivity index (χ4n) is 2.04. The summed E-state index contributed by atoms with van der Waals surface area (Å²) in [4.78, 5) is 0. The van der Waals surface area contributed by atoms with Crippen molar-refractivity contribution in [2.45, 2.75) is 33.3 Å². The largest absolute Gasteiger partial charge is 0.488 e. The molecule has 0 spiro atoms. The Morgan fingerprint density at radius 1 is 1.15 bits per heavy atom. The Morgan fingerprint density at radius 2 is 1.90 bits per heavy atom. The molecule has 0 heterocycles. The third-order valence-corrected chi connectivity index (χ3v) is 3.68. The zero-order valence-corrected chi connectivity index (χ0v) is 13.5. The van der Waals surface area contributed by atoms with Crippen LogP contribution in [0.25, 0.3) is 0 Å². The molecule has 106 valence electrons. The van der Waals surface area contributed by atoms with E-state index in [-0.39, 0.29) is 12.4 Å². The predicted molar refractivity (Wildman–Crippen MR) is 83.7 cm³/mol. The minimum atomic E-state index is -0.252. The van der Waals surface area contributed by atoms with Gasteiger partial charge < -0.3 is 4.74 Å². The Hall–Kier alpha value is -1.35. The molecular formula is C17H18BrFO. The molecule has 1 nitrogen and oxygen atoms in total. The highest BCUT2D eigenvalue weighted by Crippen LogP contribution is 2.28. The summed E-state index contributed by atoms with van der Waals surface area (Å²) in [5, 5.41) is 0. The van der Waals surface area contributed by atoms with Crippen LogP contribution in [0, 0.1) is 12.7 Å². The molecule has 0 atom stereocenters. The molecule has 0 aromatic heterocycles. The SMILES string of the molecule is Cc1ccc(C(C)C)c(OCc2ccc(Br)cc2F)c1. The van der Waals surface area contributed by atoms with Crippen LogP contribution >= 0.6 is 15.9 Å². The monoisotopic (exact) mass is 336 g/mol. The summed E-state index contributed by atoms with van der Waals surface area (Å²) in [6.45, 7) is 6.51. The van der Waals surface area contributed by atoms with Crippen molar-refractivity contribution in [3.05, 3.63) is 63.4 Å². The average Bonchev–Trinajstić information content (AvgIpc) is 2.37. The molecule has 0 aliphatic heterocycles. The lowest BCUT2D eigenvalue weighted by atomic mass is 10.0. The Kier molecular flexibility index (Phi) is 4.81. The topological polar surface area (TPSA) is 9.23 Å². The van der Waals surface area contributed by atoms with Crippen molar-refractivity contribution in [1.82, 2.24) is 0 Å². The summed E-state index contributed by atoms with van der Waals surface area (Å²) in [6, 6.07) is 11.2. The van der Waals surface area contributed by atoms with E-state index in [1.54, 1.807) is 6.07 Å². The van der Waals surface area contributed by atoms with E-state index in [9.17, 15) is 4.39 Å². The molecule has 0 N–H and O–H groups in total. The third-order valence-electron chi connectivity index (χ3n) is 3.19. The second-order valence-electron chi connectivity index (χ2n) is 5.22. The number of hydrogen-bond acceptors (Lipinski definition) is 1. The smallest absolute Gasteiger partial charge is 0.130 e. The van der Waals surface area contributed by atoms with Crippen LogP contribution in [-0.4, -0.2) is 0 Å². The number of rotatable bonds is 4. The van der Waals surface area contributed by atoms with Crippen molar-refractivity contribution in [3.8, 4) is 5.75 Å². The van der Waals surface area contributed by atoms with Gasteiger partial charge in [0.15, 0.2) is 0 Å². The molecule has 0 saturated heterocycles. The van der Waals surface area contributed by atoms with Gasteiger partial charge in [0.2, 0.25) is 0 Å². The van der Waals surface area contributed by atoms with Crippen LogP contribution < -0.4 is 4.74 Å². The lowest BCUT2D eigenvalue weighted by molar-refractivity contribution is 0.295.